The number of nitrogens with zero attached hydrogens (tertiary/aromatic N) is 6. The summed E-state index contributed by atoms with van der Waals surface area (Å²) in [5.41, 5.74) is 0.842. The van der Waals surface area contributed by atoms with Gasteiger partial charge in [0, 0.05) is 31.1 Å². The summed E-state index contributed by atoms with van der Waals surface area (Å²) in [6.45, 7) is 1.94. The van der Waals surface area contributed by atoms with Crippen LogP contribution in [0.15, 0.2) is 12.1 Å². The van der Waals surface area contributed by atoms with Gasteiger partial charge < -0.3 is 10.0 Å². The second-order valence-electron chi connectivity index (χ2n) is 7.94. The maximum absolute atomic E-state index is 10.1. The summed E-state index contributed by atoms with van der Waals surface area (Å²) in [4.78, 5) is 4.69. The van der Waals surface area contributed by atoms with Gasteiger partial charge in [0.25, 0.3) is 0 Å². The van der Waals surface area contributed by atoms with E-state index >= 15 is 0 Å². The van der Waals surface area contributed by atoms with Crippen LogP contribution in [0, 0.1) is 0 Å². The zero-order valence-corrected chi connectivity index (χ0v) is 14.8. The molecule has 2 atom stereocenters. The zero-order chi connectivity index (χ0) is 17.0. The number of aliphatic hydroxyl groups is 1. The van der Waals surface area contributed by atoms with Gasteiger partial charge in [0.15, 0.2) is 11.5 Å². The maximum Gasteiger partial charge on any atom is 0.178 e. The Bertz CT molecular complexity index is 766. The van der Waals surface area contributed by atoms with E-state index in [1.807, 2.05) is 10.6 Å². The lowest BCUT2D eigenvalue weighted by Crippen LogP contribution is -2.62. The molecule has 5 rings (SSSR count). The Morgan fingerprint density at radius 2 is 1.88 bits per heavy atom. The first-order valence-corrected chi connectivity index (χ1v) is 9.58. The van der Waals surface area contributed by atoms with Gasteiger partial charge in [-0.1, -0.05) is 6.42 Å². The summed E-state index contributed by atoms with van der Waals surface area (Å²) in [7, 11) is 2.16. The van der Waals surface area contributed by atoms with Gasteiger partial charge in [-0.25, -0.2) is 0 Å². The van der Waals surface area contributed by atoms with Crippen molar-refractivity contribution >= 4 is 11.5 Å². The molecule has 0 spiro atoms. The van der Waals surface area contributed by atoms with Gasteiger partial charge in [0.1, 0.15) is 5.82 Å². The first kappa shape index (κ1) is 15.5. The number of aliphatic hydroxyl groups excluding tert-OH is 1. The van der Waals surface area contributed by atoms with Crippen LogP contribution in [-0.2, 0) is 0 Å². The Morgan fingerprint density at radius 1 is 1.08 bits per heavy atom. The lowest BCUT2D eigenvalue weighted by Gasteiger charge is -2.47. The van der Waals surface area contributed by atoms with E-state index < -0.39 is 0 Å². The summed E-state index contributed by atoms with van der Waals surface area (Å²) < 4.78 is 1.94. The average molecular weight is 342 g/mol. The summed E-state index contributed by atoms with van der Waals surface area (Å²) in [5, 5.41) is 23.6. The molecule has 0 amide bonds. The Labute approximate surface area is 147 Å². The molecule has 2 aromatic heterocycles. The number of aromatic nitrogens is 4. The first-order chi connectivity index (χ1) is 12.2. The van der Waals surface area contributed by atoms with Gasteiger partial charge in [0.2, 0.25) is 0 Å². The smallest absolute Gasteiger partial charge is 0.178 e. The standard InChI is InChI=1S/C18H26N6O/c1-22(14-6-3-7-15(14)25)13-10-23(11-13)17-9-8-16-19-20-18(24(16)21-17)12-4-2-5-12/h8-9,12-15,25H,2-7,10-11H2,1H3. The molecule has 3 fully saturated rings. The molecule has 2 aliphatic carbocycles. The highest BCUT2D eigenvalue weighted by Gasteiger charge is 2.38. The Kier molecular flexibility index (Phi) is 3.67. The van der Waals surface area contributed by atoms with Crippen LogP contribution in [0.2, 0.25) is 0 Å². The predicted octanol–water partition coefficient (Wildman–Crippen LogP) is 1.43. The molecule has 3 aliphatic rings. The van der Waals surface area contributed by atoms with Crippen molar-refractivity contribution in [3.8, 4) is 0 Å². The number of rotatable bonds is 4. The lowest BCUT2D eigenvalue weighted by atomic mass is 9.85. The molecule has 25 heavy (non-hydrogen) atoms. The van der Waals surface area contributed by atoms with Crippen molar-refractivity contribution in [1.82, 2.24) is 24.7 Å². The van der Waals surface area contributed by atoms with Gasteiger partial charge in [-0.3, -0.25) is 4.90 Å². The van der Waals surface area contributed by atoms with Crippen molar-refractivity contribution in [2.75, 3.05) is 25.0 Å². The average Bonchev–Trinajstić information content (AvgIpc) is 3.11. The van der Waals surface area contributed by atoms with Crippen LogP contribution in [0.25, 0.3) is 5.65 Å². The lowest BCUT2D eigenvalue weighted by molar-refractivity contribution is 0.0525. The number of hydrogen-bond acceptors (Lipinski definition) is 6. The minimum Gasteiger partial charge on any atom is -0.391 e. The molecule has 7 nitrogen and oxygen atoms in total. The van der Waals surface area contributed by atoms with Crippen LogP contribution in [0.3, 0.4) is 0 Å². The monoisotopic (exact) mass is 342 g/mol. The van der Waals surface area contributed by atoms with E-state index in [2.05, 4.69) is 33.1 Å². The van der Waals surface area contributed by atoms with E-state index in [0.29, 0.717) is 18.0 Å². The molecule has 2 saturated carbocycles. The van der Waals surface area contributed by atoms with E-state index in [1.165, 1.54) is 19.3 Å². The predicted molar refractivity (Wildman–Crippen MR) is 94.8 cm³/mol. The van der Waals surface area contributed by atoms with Crippen LogP contribution < -0.4 is 4.90 Å². The largest absolute Gasteiger partial charge is 0.391 e. The van der Waals surface area contributed by atoms with Crippen molar-refractivity contribution in [1.29, 1.82) is 0 Å². The fourth-order valence-corrected chi connectivity index (χ4v) is 4.45. The summed E-state index contributed by atoms with van der Waals surface area (Å²) in [6, 6.07) is 4.90. The Hall–Kier alpha value is -1.73. The quantitative estimate of drug-likeness (QED) is 0.906. The molecule has 0 aromatic carbocycles. The Morgan fingerprint density at radius 3 is 2.56 bits per heavy atom. The van der Waals surface area contributed by atoms with E-state index in [4.69, 9.17) is 5.10 Å². The zero-order valence-electron chi connectivity index (χ0n) is 14.8. The molecular weight excluding hydrogens is 316 g/mol. The summed E-state index contributed by atoms with van der Waals surface area (Å²) in [5.74, 6) is 2.55. The van der Waals surface area contributed by atoms with Crippen molar-refractivity contribution in [3.63, 3.8) is 0 Å². The number of anilines is 1. The molecular formula is C18H26N6O. The molecule has 1 aliphatic heterocycles. The SMILES string of the molecule is CN(C1CN(c2ccc3nnc(C4CCC4)n3n2)C1)C1CCCC1O. The van der Waals surface area contributed by atoms with Crippen molar-refractivity contribution < 1.29 is 5.11 Å². The van der Waals surface area contributed by atoms with Crippen LogP contribution in [0.1, 0.15) is 50.3 Å². The molecule has 0 bridgehead atoms. The minimum absolute atomic E-state index is 0.157. The third-order valence-corrected chi connectivity index (χ3v) is 6.47. The molecule has 2 unspecified atom stereocenters. The van der Waals surface area contributed by atoms with Gasteiger partial charge in [-0.15, -0.1) is 15.3 Å². The maximum atomic E-state index is 10.1. The second-order valence-corrected chi connectivity index (χ2v) is 7.94. The van der Waals surface area contributed by atoms with Gasteiger partial charge >= 0.3 is 0 Å². The highest BCUT2D eigenvalue weighted by atomic mass is 16.3. The minimum atomic E-state index is -0.157. The van der Waals surface area contributed by atoms with E-state index in [0.717, 1.165) is 49.6 Å². The normalized spacial score (nSPS) is 27.9. The molecule has 3 heterocycles. The Balaban J connectivity index is 1.30. The van der Waals surface area contributed by atoms with Crippen LogP contribution in [-0.4, -0.2) is 68.1 Å². The third kappa shape index (κ3) is 2.52. The highest BCUT2D eigenvalue weighted by Crippen LogP contribution is 2.35. The van der Waals surface area contributed by atoms with E-state index in [-0.39, 0.29) is 6.10 Å². The van der Waals surface area contributed by atoms with Gasteiger partial charge in [-0.05, 0) is 51.3 Å². The first-order valence-electron chi connectivity index (χ1n) is 9.58. The number of likely N-dealkylation sites (N-methyl/N-ethyl adjacent to an activating group) is 1. The van der Waals surface area contributed by atoms with Crippen molar-refractivity contribution in [2.45, 2.75) is 62.6 Å². The molecule has 0 radical (unpaired) electrons. The molecule has 7 heteroatoms. The topological polar surface area (TPSA) is 69.8 Å². The number of hydrogen-bond donors (Lipinski definition) is 1. The number of fused-ring (bicyclic) bond motifs is 1. The second kappa shape index (κ2) is 5.92. The molecule has 1 saturated heterocycles. The highest BCUT2D eigenvalue weighted by molar-refractivity contribution is 5.48. The van der Waals surface area contributed by atoms with Crippen molar-refractivity contribution in [3.05, 3.63) is 18.0 Å². The molecule has 134 valence electrons. The van der Waals surface area contributed by atoms with Gasteiger partial charge in [0.05, 0.1) is 6.10 Å². The van der Waals surface area contributed by atoms with Crippen LogP contribution in [0.5, 0.6) is 0 Å². The van der Waals surface area contributed by atoms with Crippen LogP contribution in [0.4, 0.5) is 5.82 Å². The fraction of sp³-hybridized carbons (Fsp3) is 0.722. The third-order valence-electron chi connectivity index (χ3n) is 6.47. The summed E-state index contributed by atoms with van der Waals surface area (Å²) >= 11 is 0. The fourth-order valence-electron chi connectivity index (χ4n) is 4.45. The van der Waals surface area contributed by atoms with Crippen LogP contribution >= 0.6 is 0 Å². The summed E-state index contributed by atoms with van der Waals surface area (Å²) in [6.07, 6.45) is 6.73. The van der Waals surface area contributed by atoms with E-state index in [1.54, 1.807) is 0 Å². The van der Waals surface area contributed by atoms with E-state index in [9.17, 15) is 5.11 Å². The molecule has 2 aromatic rings. The van der Waals surface area contributed by atoms with Crippen molar-refractivity contribution in [2.24, 2.45) is 0 Å². The molecule has 1 N–H and O–H groups in total. The van der Waals surface area contributed by atoms with Gasteiger partial charge in [-0.2, -0.15) is 4.52 Å².